The summed E-state index contributed by atoms with van der Waals surface area (Å²) in [4.78, 5) is 22.1. The molecular weight excluding hydrogens is 284 g/mol. The second-order valence-electron chi connectivity index (χ2n) is 5.55. The lowest BCUT2D eigenvalue weighted by Crippen LogP contribution is -2.33. The van der Waals surface area contributed by atoms with Gasteiger partial charge >= 0.3 is 0 Å². The van der Waals surface area contributed by atoms with Crippen LogP contribution in [0.2, 0.25) is 0 Å². The Morgan fingerprint density at radius 2 is 2.18 bits per heavy atom. The predicted octanol–water partition coefficient (Wildman–Crippen LogP) is 1.75. The van der Waals surface area contributed by atoms with Gasteiger partial charge < -0.3 is 14.2 Å². The summed E-state index contributed by atoms with van der Waals surface area (Å²) in [5.74, 6) is 0.802. The van der Waals surface area contributed by atoms with E-state index in [2.05, 4.69) is 15.1 Å². The number of pyridine rings is 1. The smallest absolute Gasteiger partial charge is 0.256 e. The Kier molecular flexibility index (Phi) is 3.89. The largest absolute Gasteiger partial charge is 0.355 e. The van der Waals surface area contributed by atoms with E-state index in [1.165, 1.54) is 4.90 Å². The van der Waals surface area contributed by atoms with Crippen LogP contribution in [0.4, 0.5) is 0 Å². The molecule has 1 aliphatic rings. The summed E-state index contributed by atoms with van der Waals surface area (Å²) in [6.07, 6.45) is 2.26. The number of hydrogen-bond donors (Lipinski definition) is 0. The first-order valence-electron chi connectivity index (χ1n) is 7.18. The van der Waals surface area contributed by atoms with Crippen molar-refractivity contribution in [1.29, 1.82) is 0 Å². The molecule has 1 fully saturated rings. The zero-order valence-electron chi connectivity index (χ0n) is 12.8. The van der Waals surface area contributed by atoms with E-state index in [0.717, 1.165) is 5.56 Å². The van der Waals surface area contributed by atoms with Crippen molar-refractivity contribution in [2.45, 2.75) is 32.0 Å². The van der Waals surface area contributed by atoms with Crippen LogP contribution in [-0.4, -0.2) is 46.1 Å². The van der Waals surface area contributed by atoms with E-state index in [4.69, 9.17) is 9.26 Å². The molecule has 1 saturated heterocycles. The van der Waals surface area contributed by atoms with E-state index in [-0.39, 0.29) is 12.0 Å². The summed E-state index contributed by atoms with van der Waals surface area (Å²) < 4.78 is 11.0. The summed E-state index contributed by atoms with van der Waals surface area (Å²) in [6.45, 7) is 1.94. The lowest BCUT2D eigenvalue weighted by Gasteiger charge is -2.15. The van der Waals surface area contributed by atoms with Crippen LogP contribution in [0.5, 0.6) is 0 Å². The highest BCUT2D eigenvalue weighted by molar-refractivity contribution is 5.80. The molecule has 0 spiro atoms. The summed E-state index contributed by atoms with van der Waals surface area (Å²) in [5, 5.41) is 3.97. The van der Waals surface area contributed by atoms with Gasteiger partial charge in [0.05, 0.1) is 0 Å². The number of amides is 1. The van der Waals surface area contributed by atoms with Gasteiger partial charge in [0.15, 0.2) is 0 Å². The van der Waals surface area contributed by atoms with Gasteiger partial charge in [-0.3, -0.25) is 9.78 Å². The van der Waals surface area contributed by atoms with Gasteiger partial charge in [-0.2, -0.15) is 4.98 Å². The van der Waals surface area contributed by atoms with Gasteiger partial charge in [-0.25, -0.2) is 0 Å². The summed E-state index contributed by atoms with van der Waals surface area (Å²) in [7, 11) is 3.43. The molecule has 0 aliphatic carbocycles. The minimum atomic E-state index is -0.438. The summed E-state index contributed by atoms with van der Waals surface area (Å²) in [5.41, 5.74) is 1.67. The number of aromatic nitrogens is 3. The molecule has 1 amide bonds. The van der Waals surface area contributed by atoms with Crippen molar-refractivity contribution in [3.63, 3.8) is 0 Å². The van der Waals surface area contributed by atoms with Gasteiger partial charge in [0.1, 0.15) is 17.9 Å². The van der Waals surface area contributed by atoms with Crippen LogP contribution >= 0.6 is 0 Å². The van der Waals surface area contributed by atoms with Crippen molar-refractivity contribution in [2.24, 2.45) is 0 Å². The van der Waals surface area contributed by atoms with Crippen LogP contribution in [0.3, 0.4) is 0 Å². The molecule has 0 saturated carbocycles. The zero-order valence-corrected chi connectivity index (χ0v) is 12.8. The van der Waals surface area contributed by atoms with Crippen LogP contribution < -0.4 is 0 Å². The van der Waals surface area contributed by atoms with Gasteiger partial charge in [0.2, 0.25) is 5.82 Å². The van der Waals surface area contributed by atoms with Gasteiger partial charge in [-0.1, -0.05) is 11.2 Å². The van der Waals surface area contributed by atoms with Crippen LogP contribution in [0.15, 0.2) is 22.9 Å². The Morgan fingerprint density at radius 1 is 1.36 bits per heavy atom. The molecule has 7 heteroatoms. The number of nitrogens with zero attached hydrogens (tertiary/aromatic N) is 4. The van der Waals surface area contributed by atoms with Crippen LogP contribution in [0, 0.1) is 6.92 Å². The van der Waals surface area contributed by atoms with Crippen molar-refractivity contribution < 1.29 is 14.1 Å². The SMILES string of the molecule is Cc1cccnc1-c1noc([C@@H]2CC[C@H](C(=O)N(C)C)O2)n1. The lowest BCUT2D eigenvalue weighted by molar-refractivity contribution is -0.140. The highest BCUT2D eigenvalue weighted by atomic mass is 16.5. The number of rotatable bonds is 3. The third-order valence-electron chi connectivity index (χ3n) is 3.67. The fraction of sp³-hybridized carbons (Fsp3) is 0.467. The zero-order chi connectivity index (χ0) is 15.7. The molecule has 2 aromatic rings. The van der Waals surface area contributed by atoms with Crippen molar-refractivity contribution in [3.8, 4) is 11.5 Å². The Labute approximate surface area is 128 Å². The van der Waals surface area contributed by atoms with E-state index < -0.39 is 6.10 Å². The molecule has 0 radical (unpaired) electrons. The Bertz CT molecular complexity index is 683. The molecular formula is C15H18N4O3. The normalized spacial score (nSPS) is 21.0. The first kappa shape index (κ1) is 14.6. The lowest BCUT2D eigenvalue weighted by atomic mass is 10.2. The first-order chi connectivity index (χ1) is 10.6. The van der Waals surface area contributed by atoms with Crippen LogP contribution in [-0.2, 0) is 9.53 Å². The Morgan fingerprint density at radius 3 is 2.91 bits per heavy atom. The van der Waals surface area contributed by atoms with Gasteiger partial charge in [-0.05, 0) is 31.4 Å². The minimum absolute atomic E-state index is 0.0391. The number of aryl methyl sites for hydroxylation is 1. The minimum Gasteiger partial charge on any atom is -0.355 e. The standard InChI is InChI=1S/C15H18N4O3/c1-9-5-4-8-16-12(9)13-17-14(22-18-13)10-6-7-11(21-10)15(20)19(2)3/h4-5,8,10-11H,6-7H2,1-3H3/t10-,11+/m0/s1. The fourth-order valence-corrected chi connectivity index (χ4v) is 2.47. The molecule has 7 nitrogen and oxygen atoms in total. The monoisotopic (exact) mass is 302 g/mol. The molecule has 2 atom stereocenters. The second kappa shape index (κ2) is 5.84. The molecule has 0 unspecified atom stereocenters. The van der Waals surface area contributed by atoms with E-state index in [1.807, 2.05) is 19.1 Å². The van der Waals surface area contributed by atoms with Crippen molar-refractivity contribution in [2.75, 3.05) is 14.1 Å². The number of ether oxygens (including phenoxy) is 1. The maximum atomic E-state index is 11.9. The molecule has 22 heavy (non-hydrogen) atoms. The van der Waals surface area contributed by atoms with E-state index in [1.54, 1.807) is 20.3 Å². The van der Waals surface area contributed by atoms with Gasteiger partial charge in [-0.15, -0.1) is 0 Å². The predicted molar refractivity (Wildman–Crippen MR) is 77.8 cm³/mol. The summed E-state index contributed by atoms with van der Waals surface area (Å²) in [6, 6.07) is 3.80. The molecule has 2 aromatic heterocycles. The number of carbonyl (C=O) groups is 1. The van der Waals surface area contributed by atoms with Crippen LogP contribution in [0.25, 0.3) is 11.5 Å². The topological polar surface area (TPSA) is 81.4 Å². The average Bonchev–Trinajstić information content (AvgIpc) is 3.15. The molecule has 116 valence electrons. The summed E-state index contributed by atoms with van der Waals surface area (Å²) >= 11 is 0. The van der Waals surface area contributed by atoms with E-state index in [0.29, 0.717) is 30.3 Å². The number of hydrogen-bond acceptors (Lipinski definition) is 6. The maximum absolute atomic E-state index is 11.9. The van der Waals surface area contributed by atoms with Crippen molar-refractivity contribution in [3.05, 3.63) is 29.8 Å². The highest BCUT2D eigenvalue weighted by Crippen LogP contribution is 2.33. The molecule has 0 bridgehead atoms. The molecule has 0 N–H and O–H groups in total. The highest BCUT2D eigenvalue weighted by Gasteiger charge is 2.35. The maximum Gasteiger partial charge on any atom is 0.256 e. The van der Waals surface area contributed by atoms with Crippen molar-refractivity contribution >= 4 is 5.91 Å². The van der Waals surface area contributed by atoms with E-state index >= 15 is 0 Å². The third-order valence-corrected chi connectivity index (χ3v) is 3.67. The van der Waals surface area contributed by atoms with Gasteiger partial charge in [0, 0.05) is 20.3 Å². The third kappa shape index (κ3) is 2.71. The average molecular weight is 302 g/mol. The molecule has 1 aliphatic heterocycles. The van der Waals surface area contributed by atoms with Crippen LogP contribution in [0.1, 0.15) is 30.4 Å². The molecule has 0 aromatic carbocycles. The fourth-order valence-electron chi connectivity index (χ4n) is 2.47. The second-order valence-corrected chi connectivity index (χ2v) is 5.55. The van der Waals surface area contributed by atoms with Crippen molar-refractivity contribution in [1.82, 2.24) is 20.0 Å². The number of carbonyl (C=O) groups excluding carboxylic acids is 1. The van der Waals surface area contributed by atoms with E-state index in [9.17, 15) is 4.79 Å². The molecule has 3 rings (SSSR count). The quantitative estimate of drug-likeness (QED) is 0.859. The Hall–Kier alpha value is -2.28. The molecule has 3 heterocycles. The number of likely N-dealkylation sites (N-methyl/N-ethyl adjacent to an activating group) is 1. The first-order valence-corrected chi connectivity index (χ1v) is 7.18. The Balaban J connectivity index is 1.76. The van der Waals surface area contributed by atoms with Gasteiger partial charge in [0.25, 0.3) is 11.8 Å².